The molecule has 0 saturated heterocycles. The second-order valence-electron chi connectivity index (χ2n) is 2.54. The lowest BCUT2D eigenvalue weighted by Gasteiger charge is -1.89. The van der Waals surface area contributed by atoms with Gasteiger partial charge in [-0.25, -0.2) is 0 Å². The summed E-state index contributed by atoms with van der Waals surface area (Å²) in [4.78, 5) is 0. The van der Waals surface area contributed by atoms with Crippen LogP contribution in [0.15, 0.2) is 36.0 Å². The maximum atomic E-state index is 3.77. The molecule has 0 atom stereocenters. The third-order valence-electron chi connectivity index (χ3n) is 1.16. The van der Waals surface area contributed by atoms with Gasteiger partial charge in [0.25, 0.3) is 0 Å². The van der Waals surface area contributed by atoms with Crippen LogP contribution in [-0.2, 0) is 0 Å². The predicted octanol–water partition coefficient (Wildman–Crippen LogP) is 3.48. The van der Waals surface area contributed by atoms with E-state index in [9.17, 15) is 0 Å². The monoisotopic (exact) mass is 136 g/mol. The van der Waals surface area contributed by atoms with E-state index in [4.69, 9.17) is 0 Å². The van der Waals surface area contributed by atoms with Gasteiger partial charge >= 0.3 is 0 Å². The molecule has 0 N–H and O–H groups in total. The van der Waals surface area contributed by atoms with Crippen molar-refractivity contribution >= 4 is 0 Å². The molecule has 0 aliphatic heterocycles. The van der Waals surface area contributed by atoms with Gasteiger partial charge in [-0.3, -0.25) is 0 Å². The average Bonchev–Trinajstić information content (AvgIpc) is 1.85. The minimum atomic E-state index is 1.10. The van der Waals surface area contributed by atoms with E-state index in [1.165, 1.54) is 5.57 Å². The zero-order valence-electron chi connectivity index (χ0n) is 7.15. The Morgan fingerprint density at radius 3 is 2.30 bits per heavy atom. The zero-order valence-corrected chi connectivity index (χ0v) is 7.15. The first-order chi connectivity index (χ1) is 4.66. The molecule has 0 heteroatoms. The highest BCUT2D eigenvalue weighted by atomic mass is 13.8. The van der Waals surface area contributed by atoms with Crippen LogP contribution in [-0.4, -0.2) is 0 Å². The fraction of sp³-hybridized carbons (Fsp3) is 0.400. The lowest BCUT2D eigenvalue weighted by molar-refractivity contribution is 1.20. The van der Waals surface area contributed by atoms with E-state index >= 15 is 0 Å². The summed E-state index contributed by atoms with van der Waals surface area (Å²) in [5, 5.41) is 0. The molecule has 0 aromatic rings. The number of hydrogen-bond acceptors (Lipinski definition) is 0. The molecule has 0 heterocycles. The maximum Gasteiger partial charge on any atom is -0.0374 e. The molecule has 10 heavy (non-hydrogen) atoms. The van der Waals surface area contributed by atoms with Crippen molar-refractivity contribution in [3.05, 3.63) is 36.0 Å². The molecule has 0 radical (unpaired) electrons. The van der Waals surface area contributed by atoms with Crippen molar-refractivity contribution in [2.75, 3.05) is 0 Å². The van der Waals surface area contributed by atoms with Crippen LogP contribution < -0.4 is 0 Å². The molecule has 0 unspecified atom stereocenters. The lowest BCUT2D eigenvalue weighted by Crippen LogP contribution is -1.68. The van der Waals surface area contributed by atoms with Crippen LogP contribution in [0.2, 0.25) is 0 Å². The molecular formula is C10H16. The summed E-state index contributed by atoms with van der Waals surface area (Å²) in [5.74, 6) is 0. The van der Waals surface area contributed by atoms with Gasteiger partial charge in [0.15, 0.2) is 0 Å². The van der Waals surface area contributed by atoms with Crippen molar-refractivity contribution in [2.24, 2.45) is 0 Å². The standard InChI is InChI=1S/C10H16/c1-5-6-10(4)8-7-9(2)3/h6-8H,2,5H2,1,3-4H3. The van der Waals surface area contributed by atoms with E-state index in [0.717, 1.165) is 12.0 Å². The first-order valence-corrected chi connectivity index (χ1v) is 3.67. The molecule has 0 amide bonds. The Bertz CT molecular complexity index is 159. The van der Waals surface area contributed by atoms with Crippen molar-refractivity contribution < 1.29 is 0 Å². The van der Waals surface area contributed by atoms with Crippen LogP contribution in [0.1, 0.15) is 27.2 Å². The van der Waals surface area contributed by atoms with Crippen LogP contribution in [0.3, 0.4) is 0 Å². The van der Waals surface area contributed by atoms with Crippen LogP contribution >= 0.6 is 0 Å². The molecule has 0 bridgehead atoms. The van der Waals surface area contributed by atoms with E-state index < -0.39 is 0 Å². The van der Waals surface area contributed by atoms with Crippen molar-refractivity contribution in [3.63, 3.8) is 0 Å². The first kappa shape index (κ1) is 9.22. The third-order valence-corrected chi connectivity index (χ3v) is 1.16. The van der Waals surface area contributed by atoms with Crippen LogP contribution in [0.5, 0.6) is 0 Å². The topological polar surface area (TPSA) is 0 Å². The number of hydrogen-bond donors (Lipinski definition) is 0. The van der Waals surface area contributed by atoms with Crippen molar-refractivity contribution in [2.45, 2.75) is 27.2 Å². The van der Waals surface area contributed by atoms with Crippen LogP contribution in [0.25, 0.3) is 0 Å². The Morgan fingerprint density at radius 1 is 1.30 bits per heavy atom. The molecule has 0 fully saturated rings. The third kappa shape index (κ3) is 5.36. The van der Waals surface area contributed by atoms with Crippen LogP contribution in [0.4, 0.5) is 0 Å². The first-order valence-electron chi connectivity index (χ1n) is 3.67. The molecule has 0 nitrogen and oxygen atoms in total. The van der Waals surface area contributed by atoms with Gasteiger partial charge in [0.2, 0.25) is 0 Å². The summed E-state index contributed by atoms with van der Waals surface area (Å²) >= 11 is 0. The quantitative estimate of drug-likeness (QED) is 0.521. The van der Waals surface area contributed by atoms with Crippen molar-refractivity contribution in [1.82, 2.24) is 0 Å². The van der Waals surface area contributed by atoms with E-state index in [2.05, 4.69) is 32.6 Å². The second kappa shape index (κ2) is 5.04. The SMILES string of the molecule is C=C(C)C=CC(C)=CCC. The molecule has 0 saturated carbocycles. The summed E-state index contributed by atoms with van der Waals surface area (Å²) in [6.45, 7) is 10.0. The second-order valence-corrected chi connectivity index (χ2v) is 2.54. The molecule has 0 aromatic heterocycles. The lowest BCUT2D eigenvalue weighted by atomic mass is 10.2. The smallest absolute Gasteiger partial charge is 0.0374 e. The Morgan fingerprint density at radius 2 is 1.90 bits per heavy atom. The van der Waals surface area contributed by atoms with Gasteiger partial charge in [0.1, 0.15) is 0 Å². The normalized spacial score (nSPS) is 12.5. The van der Waals surface area contributed by atoms with Crippen molar-refractivity contribution in [3.8, 4) is 0 Å². The van der Waals surface area contributed by atoms with Gasteiger partial charge in [-0.05, 0) is 20.3 Å². The molecule has 0 aliphatic carbocycles. The van der Waals surface area contributed by atoms with Crippen molar-refractivity contribution in [1.29, 1.82) is 0 Å². The highest BCUT2D eigenvalue weighted by molar-refractivity contribution is 5.23. The van der Waals surface area contributed by atoms with E-state index in [1.807, 2.05) is 13.0 Å². The summed E-state index contributed by atoms with van der Waals surface area (Å²) in [5.41, 5.74) is 2.41. The fourth-order valence-corrected chi connectivity index (χ4v) is 0.664. The Labute approximate surface area is 64.0 Å². The van der Waals surface area contributed by atoms with E-state index in [0.29, 0.717) is 0 Å². The summed E-state index contributed by atoms with van der Waals surface area (Å²) < 4.78 is 0. The van der Waals surface area contributed by atoms with Crippen LogP contribution in [0, 0.1) is 0 Å². The summed E-state index contributed by atoms with van der Waals surface area (Å²) in [6, 6.07) is 0. The highest BCUT2D eigenvalue weighted by Gasteiger charge is 1.78. The van der Waals surface area contributed by atoms with Gasteiger partial charge in [0.05, 0.1) is 0 Å². The molecular weight excluding hydrogens is 120 g/mol. The minimum Gasteiger partial charge on any atom is -0.0961 e. The molecule has 0 aromatic carbocycles. The fourth-order valence-electron chi connectivity index (χ4n) is 0.664. The average molecular weight is 136 g/mol. The highest BCUT2D eigenvalue weighted by Crippen LogP contribution is 1.99. The molecule has 0 aliphatic rings. The minimum absolute atomic E-state index is 1.10. The maximum absolute atomic E-state index is 3.77. The van der Waals surface area contributed by atoms with Gasteiger partial charge in [-0.2, -0.15) is 0 Å². The largest absolute Gasteiger partial charge is 0.0961 e. The Kier molecular flexibility index (Phi) is 4.65. The van der Waals surface area contributed by atoms with Gasteiger partial charge in [-0.1, -0.05) is 42.9 Å². The summed E-state index contributed by atoms with van der Waals surface area (Å²) in [6.07, 6.45) is 7.42. The van der Waals surface area contributed by atoms with E-state index in [-0.39, 0.29) is 0 Å². The summed E-state index contributed by atoms with van der Waals surface area (Å²) in [7, 11) is 0. The molecule has 0 rings (SSSR count). The predicted molar refractivity (Wildman–Crippen MR) is 48.0 cm³/mol. The Balaban J connectivity index is 3.89. The molecule has 0 spiro atoms. The molecule has 56 valence electrons. The zero-order chi connectivity index (χ0) is 7.98. The number of rotatable bonds is 3. The number of allylic oxidation sites excluding steroid dienone is 5. The van der Waals surface area contributed by atoms with Gasteiger partial charge in [0, 0.05) is 0 Å². The van der Waals surface area contributed by atoms with Gasteiger partial charge in [-0.15, -0.1) is 0 Å². The van der Waals surface area contributed by atoms with E-state index in [1.54, 1.807) is 0 Å². The Hall–Kier alpha value is -0.780. The van der Waals surface area contributed by atoms with Gasteiger partial charge < -0.3 is 0 Å².